The standard InChI is InChI=1S/C17H26N2O4.C5H10O3.C4H6O/c1-12(2)16(20)22-11-13(3)23-17(21)19-10-15-7-5-6-14(8-15)9-18-4;1-5(3-7-2)8-4-6;1-4(2)3-5/h5-8,13,16,18,20H,1,9-11H2,2-4H3,(H,19,21);4-5H,3H2,1-2H3;3H,1H2,2H3. The second-order valence-electron chi connectivity index (χ2n) is 7.91. The molecule has 3 atom stereocenters. The molecule has 0 aromatic heterocycles. The highest BCUT2D eigenvalue weighted by atomic mass is 16.6. The number of carbonyl (C=O) groups excluding carboxylic acids is 3. The van der Waals surface area contributed by atoms with Crippen LogP contribution in [0.1, 0.15) is 38.8 Å². The van der Waals surface area contributed by atoms with Crippen LogP contribution in [0.15, 0.2) is 48.6 Å². The normalized spacial score (nSPS) is 12.2. The molecule has 0 radical (unpaired) electrons. The molecule has 1 rings (SSSR count). The highest BCUT2D eigenvalue weighted by Gasteiger charge is 2.12. The Morgan fingerprint density at radius 1 is 1.08 bits per heavy atom. The first-order valence-electron chi connectivity index (χ1n) is 11.3. The average Bonchev–Trinajstić information content (AvgIpc) is 2.82. The maximum absolute atomic E-state index is 11.7. The molecule has 0 fully saturated rings. The number of alkyl carbamates (subject to hydrolysis) is 1. The number of allylic oxidation sites excluding steroid dienone is 1. The summed E-state index contributed by atoms with van der Waals surface area (Å²) in [5.74, 6) is 0. The van der Waals surface area contributed by atoms with Crippen molar-refractivity contribution in [2.45, 2.75) is 59.3 Å². The van der Waals surface area contributed by atoms with Gasteiger partial charge >= 0.3 is 6.09 Å². The van der Waals surface area contributed by atoms with Gasteiger partial charge < -0.3 is 34.7 Å². The maximum atomic E-state index is 11.7. The van der Waals surface area contributed by atoms with Gasteiger partial charge in [-0.15, -0.1) is 0 Å². The molecule has 1 aromatic rings. The van der Waals surface area contributed by atoms with E-state index in [0.29, 0.717) is 30.8 Å². The van der Waals surface area contributed by atoms with Crippen LogP contribution in [0.3, 0.4) is 0 Å². The van der Waals surface area contributed by atoms with Crippen LogP contribution < -0.4 is 10.6 Å². The van der Waals surface area contributed by atoms with E-state index in [1.54, 1.807) is 34.8 Å². The Kier molecular flexibility index (Phi) is 21.9. The minimum absolute atomic E-state index is 0.0963. The first kappa shape index (κ1) is 35.1. The number of ether oxygens (including phenoxy) is 4. The fraction of sp³-hybridized carbons (Fsp3) is 0.500. The molecular formula is C26H42N2O8. The molecule has 0 aliphatic rings. The summed E-state index contributed by atoms with van der Waals surface area (Å²) in [5, 5.41) is 15.2. The fourth-order valence-electron chi connectivity index (χ4n) is 2.22. The van der Waals surface area contributed by atoms with Gasteiger partial charge in [0.25, 0.3) is 6.47 Å². The van der Waals surface area contributed by atoms with Crippen molar-refractivity contribution in [3.63, 3.8) is 0 Å². The molecule has 1 amide bonds. The van der Waals surface area contributed by atoms with Crippen LogP contribution in [0.25, 0.3) is 0 Å². The van der Waals surface area contributed by atoms with Crippen LogP contribution in [-0.4, -0.2) is 69.8 Å². The molecule has 0 spiro atoms. The number of hydrogen-bond donors (Lipinski definition) is 3. The van der Waals surface area contributed by atoms with E-state index in [-0.39, 0.29) is 12.7 Å². The number of aldehydes is 1. The van der Waals surface area contributed by atoms with Crippen molar-refractivity contribution in [3.05, 3.63) is 59.7 Å². The number of hydrogen-bond acceptors (Lipinski definition) is 9. The highest BCUT2D eigenvalue weighted by molar-refractivity contribution is 5.70. The molecule has 204 valence electrons. The van der Waals surface area contributed by atoms with E-state index in [1.165, 1.54) is 0 Å². The van der Waals surface area contributed by atoms with E-state index >= 15 is 0 Å². The molecule has 10 heteroatoms. The lowest BCUT2D eigenvalue weighted by atomic mass is 10.1. The minimum Gasteiger partial charge on any atom is -0.462 e. The Morgan fingerprint density at radius 2 is 1.67 bits per heavy atom. The number of aliphatic hydroxyl groups is 1. The lowest BCUT2D eigenvalue weighted by Crippen LogP contribution is -2.30. The lowest BCUT2D eigenvalue weighted by Gasteiger charge is -2.17. The first-order valence-corrected chi connectivity index (χ1v) is 11.3. The van der Waals surface area contributed by atoms with Crippen molar-refractivity contribution < 1.29 is 38.4 Å². The van der Waals surface area contributed by atoms with Gasteiger partial charge in [-0.25, -0.2) is 4.79 Å². The number of methoxy groups -OCH3 is 1. The largest absolute Gasteiger partial charge is 0.462 e. The van der Waals surface area contributed by atoms with Crippen LogP contribution in [-0.2, 0) is 41.6 Å². The van der Waals surface area contributed by atoms with E-state index in [9.17, 15) is 19.5 Å². The number of aliphatic hydroxyl groups excluding tert-OH is 1. The number of rotatable bonds is 14. The summed E-state index contributed by atoms with van der Waals surface area (Å²) in [6, 6.07) is 7.93. The van der Waals surface area contributed by atoms with Gasteiger partial charge in [-0.2, -0.15) is 0 Å². The summed E-state index contributed by atoms with van der Waals surface area (Å²) >= 11 is 0. The summed E-state index contributed by atoms with van der Waals surface area (Å²) in [6.45, 7) is 15.8. The van der Waals surface area contributed by atoms with Crippen molar-refractivity contribution in [2.24, 2.45) is 0 Å². The molecule has 0 aliphatic carbocycles. The zero-order valence-electron chi connectivity index (χ0n) is 22.2. The third-order valence-electron chi connectivity index (χ3n) is 3.92. The van der Waals surface area contributed by atoms with Gasteiger partial charge in [-0.1, -0.05) is 37.4 Å². The zero-order valence-corrected chi connectivity index (χ0v) is 22.2. The minimum atomic E-state index is -1.04. The molecule has 3 N–H and O–H groups in total. The van der Waals surface area contributed by atoms with Crippen LogP contribution in [0.2, 0.25) is 0 Å². The van der Waals surface area contributed by atoms with E-state index < -0.39 is 18.5 Å². The number of carbonyl (C=O) groups is 3. The average molecular weight is 511 g/mol. The fourth-order valence-corrected chi connectivity index (χ4v) is 2.22. The Balaban J connectivity index is 0. The monoisotopic (exact) mass is 510 g/mol. The third-order valence-corrected chi connectivity index (χ3v) is 3.92. The molecular weight excluding hydrogens is 468 g/mol. The van der Waals surface area contributed by atoms with Crippen molar-refractivity contribution in [1.82, 2.24) is 10.6 Å². The van der Waals surface area contributed by atoms with Crippen molar-refractivity contribution in [3.8, 4) is 0 Å². The molecule has 0 saturated carbocycles. The van der Waals surface area contributed by atoms with Crippen LogP contribution >= 0.6 is 0 Å². The lowest BCUT2D eigenvalue weighted by molar-refractivity contribution is -0.134. The molecule has 0 aliphatic heterocycles. The molecule has 0 saturated heterocycles. The second kappa shape index (κ2) is 22.4. The van der Waals surface area contributed by atoms with Crippen LogP contribution in [0.5, 0.6) is 0 Å². The van der Waals surface area contributed by atoms with E-state index in [4.69, 9.17) is 9.47 Å². The zero-order chi connectivity index (χ0) is 27.9. The molecule has 36 heavy (non-hydrogen) atoms. The smallest absolute Gasteiger partial charge is 0.407 e. The van der Waals surface area contributed by atoms with Gasteiger partial charge in [0, 0.05) is 20.2 Å². The van der Waals surface area contributed by atoms with Gasteiger partial charge in [-0.3, -0.25) is 9.59 Å². The number of benzene rings is 1. The highest BCUT2D eigenvalue weighted by Crippen LogP contribution is 2.06. The summed E-state index contributed by atoms with van der Waals surface area (Å²) in [4.78, 5) is 30.8. The van der Waals surface area contributed by atoms with Crippen molar-refractivity contribution >= 4 is 18.9 Å². The van der Waals surface area contributed by atoms with Gasteiger partial charge in [-0.05, 0) is 57.0 Å². The Labute approximate surface area is 214 Å². The molecule has 0 bridgehead atoms. The topological polar surface area (TPSA) is 132 Å². The maximum Gasteiger partial charge on any atom is 0.407 e. The predicted octanol–water partition coefficient (Wildman–Crippen LogP) is 2.89. The molecule has 10 nitrogen and oxygen atoms in total. The summed E-state index contributed by atoms with van der Waals surface area (Å²) in [7, 11) is 3.45. The SMILES string of the molecule is C=C(C)C(O)OCC(C)OC(=O)NCc1cccc(CNC)c1.C=C(C)C=O.COCC(C)OC=O. The second-order valence-corrected chi connectivity index (χ2v) is 7.91. The number of amides is 1. The predicted molar refractivity (Wildman–Crippen MR) is 138 cm³/mol. The Hall–Kier alpha value is -3.05. The van der Waals surface area contributed by atoms with E-state index in [2.05, 4.69) is 33.3 Å². The van der Waals surface area contributed by atoms with Crippen molar-refractivity contribution in [1.29, 1.82) is 0 Å². The summed E-state index contributed by atoms with van der Waals surface area (Å²) in [6.07, 6.45) is -1.44. The molecule has 0 heterocycles. The summed E-state index contributed by atoms with van der Waals surface area (Å²) < 4.78 is 19.4. The van der Waals surface area contributed by atoms with Gasteiger partial charge in [0.05, 0.1) is 13.2 Å². The van der Waals surface area contributed by atoms with E-state index in [1.807, 2.05) is 31.3 Å². The Bertz CT molecular complexity index is 785. The summed E-state index contributed by atoms with van der Waals surface area (Å²) in [5.41, 5.74) is 3.22. The van der Waals surface area contributed by atoms with Gasteiger partial charge in [0.2, 0.25) is 0 Å². The molecule has 3 unspecified atom stereocenters. The van der Waals surface area contributed by atoms with Gasteiger partial charge in [0.1, 0.15) is 18.5 Å². The van der Waals surface area contributed by atoms with Crippen LogP contribution in [0, 0.1) is 0 Å². The molecule has 1 aromatic carbocycles. The quantitative estimate of drug-likeness (QED) is 0.150. The van der Waals surface area contributed by atoms with E-state index in [0.717, 1.165) is 24.0 Å². The first-order chi connectivity index (χ1) is 17.0. The van der Waals surface area contributed by atoms with Crippen molar-refractivity contribution in [2.75, 3.05) is 27.4 Å². The number of nitrogens with one attached hydrogen (secondary N) is 2. The van der Waals surface area contributed by atoms with Crippen LogP contribution in [0.4, 0.5) is 4.79 Å². The Morgan fingerprint density at radius 3 is 2.14 bits per heavy atom. The van der Waals surface area contributed by atoms with Gasteiger partial charge in [0.15, 0.2) is 6.29 Å². The third kappa shape index (κ3) is 21.5.